The van der Waals surface area contributed by atoms with E-state index in [9.17, 15) is 5.11 Å². The zero-order valence-corrected chi connectivity index (χ0v) is 14.9. The first-order valence-corrected chi connectivity index (χ1v) is 9.11. The van der Waals surface area contributed by atoms with Gasteiger partial charge in [-0.3, -0.25) is 0 Å². The Bertz CT molecular complexity index is 894. The molecule has 0 spiro atoms. The van der Waals surface area contributed by atoms with Crippen LogP contribution in [0.15, 0.2) is 66.7 Å². The van der Waals surface area contributed by atoms with Gasteiger partial charge in [0.2, 0.25) is 6.79 Å². The second kappa shape index (κ2) is 7.40. The fraction of sp³-hybridized carbons (Fsp3) is 0.182. The summed E-state index contributed by atoms with van der Waals surface area (Å²) >= 11 is 5.87. The average Bonchev–Trinajstić information content (AvgIpc) is 3.16. The predicted octanol–water partition coefficient (Wildman–Crippen LogP) is 4.89. The molecule has 132 valence electrons. The van der Waals surface area contributed by atoms with Crippen molar-refractivity contribution in [2.24, 2.45) is 0 Å². The number of aliphatic hydroxyl groups excluding tert-OH is 1. The molecule has 1 aliphatic rings. The molecule has 3 nitrogen and oxygen atoms in total. The van der Waals surface area contributed by atoms with Crippen LogP contribution in [-0.4, -0.2) is 23.9 Å². The zero-order chi connectivity index (χ0) is 17.9. The molecule has 26 heavy (non-hydrogen) atoms. The van der Waals surface area contributed by atoms with Crippen LogP contribution in [0.5, 0.6) is 11.5 Å². The van der Waals surface area contributed by atoms with E-state index >= 15 is 0 Å². The molecule has 4 rings (SSSR count). The molecular formula is C22H19ClO3. The molecule has 3 aromatic rings. The lowest BCUT2D eigenvalue weighted by atomic mass is 9.87. The highest BCUT2D eigenvalue weighted by atomic mass is 35.5. The van der Waals surface area contributed by atoms with Gasteiger partial charge >= 0.3 is 0 Å². The van der Waals surface area contributed by atoms with Gasteiger partial charge in [0.15, 0.2) is 11.5 Å². The third kappa shape index (κ3) is 3.16. The highest BCUT2D eigenvalue weighted by molar-refractivity contribution is 6.18. The molecule has 0 aliphatic carbocycles. The topological polar surface area (TPSA) is 38.7 Å². The van der Waals surface area contributed by atoms with Gasteiger partial charge in [-0.2, -0.15) is 0 Å². The van der Waals surface area contributed by atoms with Crippen molar-refractivity contribution < 1.29 is 14.6 Å². The van der Waals surface area contributed by atoms with Gasteiger partial charge < -0.3 is 14.6 Å². The Labute approximate surface area is 157 Å². The number of aliphatic hydroxyl groups is 1. The van der Waals surface area contributed by atoms with Crippen molar-refractivity contribution in [1.29, 1.82) is 0 Å². The summed E-state index contributed by atoms with van der Waals surface area (Å²) in [6, 6.07) is 22.2. The number of halogens is 1. The van der Waals surface area contributed by atoms with Crippen LogP contribution in [0.25, 0.3) is 22.3 Å². The maximum absolute atomic E-state index is 10.2. The number of fused-ring (bicyclic) bond motifs is 1. The van der Waals surface area contributed by atoms with E-state index in [0.717, 1.165) is 33.6 Å². The molecule has 0 radical (unpaired) electrons. The summed E-state index contributed by atoms with van der Waals surface area (Å²) in [7, 11) is 0. The van der Waals surface area contributed by atoms with Crippen LogP contribution in [0.2, 0.25) is 0 Å². The zero-order valence-electron chi connectivity index (χ0n) is 14.2. The molecular weight excluding hydrogens is 348 g/mol. The fourth-order valence-electron chi connectivity index (χ4n) is 3.38. The number of rotatable bonds is 5. The Morgan fingerprint density at radius 1 is 0.885 bits per heavy atom. The Morgan fingerprint density at radius 3 is 2.12 bits per heavy atom. The van der Waals surface area contributed by atoms with Crippen LogP contribution in [0.1, 0.15) is 5.56 Å². The van der Waals surface area contributed by atoms with Gasteiger partial charge in [0, 0.05) is 17.9 Å². The number of alkyl halides is 1. The van der Waals surface area contributed by atoms with Gasteiger partial charge in [-0.1, -0.05) is 60.7 Å². The lowest BCUT2D eigenvalue weighted by Gasteiger charge is -2.19. The average molecular weight is 367 g/mol. The van der Waals surface area contributed by atoms with Crippen LogP contribution in [0, 0.1) is 0 Å². The molecule has 0 amide bonds. The predicted molar refractivity (Wildman–Crippen MR) is 104 cm³/mol. The molecule has 3 aromatic carbocycles. The molecule has 1 heterocycles. The highest BCUT2D eigenvalue weighted by Gasteiger charge is 2.26. The normalized spacial score (nSPS) is 13.6. The lowest BCUT2D eigenvalue weighted by Crippen LogP contribution is -2.13. The molecule has 4 heteroatoms. The largest absolute Gasteiger partial charge is 0.454 e. The van der Waals surface area contributed by atoms with Gasteiger partial charge in [-0.15, -0.1) is 11.6 Å². The van der Waals surface area contributed by atoms with Gasteiger partial charge in [-0.25, -0.2) is 0 Å². The molecule has 0 unspecified atom stereocenters. The van der Waals surface area contributed by atoms with Gasteiger partial charge in [0.05, 0.1) is 6.10 Å². The van der Waals surface area contributed by atoms with E-state index in [1.807, 2.05) is 42.5 Å². The smallest absolute Gasteiger partial charge is 0.231 e. The second-order valence-corrected chi connectivity index (χ2v) is 6.57. The van der Waals surface area contributed by atoms with Crippen molar-refractivity contribution in [3.8, 4) is 33.8 Å². The van der Waals surface area contributed by atoms with Gasteiger partial charge in [0.1, 0.15) is 0 Å². The monoisotopic (exact) mass is 366 g/mol. The van der Waals surface area contributed by atoms with Crippen molar-refractivity contribution in [1.82, 2.24) is 0 Å². The maximum atomic E-state index is 10.2. The van der Waals surface area contributed by atoms with Crippen LogP contribution in [-0.2, 0) is 6.42 Å². The minimum Gasteiger partial charge on any atom is -0.454 e. The molecule has 0 saturated carbocycles. The summed E-state index contributed by atoms with van der Waals surface area (Å²) in [5.41, 5.74) is 5.15. The summed E-state index contributed by atoms with van der Waals surface area (Å²) in [4.78, 5) is 0. The van der Waals surface area contributed by atoms with Crippen LogP contribution >= 0.6 is 11.6 Å². The molecule has 0 aromatic heterocycles. The summed E-state index contributed by atoms with van der Waals surface area (Å²) in [6.45, 7) is 0.199. The Balaban J connectivity index is 2.01. The van der Waals surface area contributed by atoms with Crippen molar-refractivity contribution in [3.05, 3.63) is 72.3 Å². The van der Waals surface area contributed by atoms with E-state index in [-0.39, 0.29) is 12.7 Å². The van der Waals surface area contributed by atoms with Crippen molar-refractivity contribution in [3.63, 3.8) is 0 Å². The van der Waals surface area contributed by atoms with E-state index in [0.29, 0.717) is 12.2 Å². The van der Waals surface area contributed by atoms with E-state index < -0.39 is 6.10 Å². The minimum absolute atomic E-state index is 0.184. The Kier molecular flexibility index (Phi) is 4.83. The Morgan fingerprint density at radius 2 is 1.50 bits per heavy atom. The number of benzene rings is 3. The summed E-state index contributed by atoms with van der Waals surface area (Å²) in [5.74, 6) is 1.64. The van der Waals surface area contributed by atoms with Crippen LogP contribution in [0.3, 0.4) is 0 Å². The van der Waals surface area contributed by atoms with E-state index in [2.05, 4.69) is 24.3 Å². The Hall–Kier alpha value is -2.49. The van der Waals surface area contributed by atoms with Crippen LogP contribution in [0.4, 0.5) is 0 Å². The van der Waals surface area contributed by atoms with Crippen LogP contribution < -0.4 is 9.47 Å². The third-order valence-corrected chi connectivity index (χ3v) is 4.86. The van der Waals surface area contributed by atoms with Gasteiger partial charge in [-0.05, 0) is 28.3 Å². The van der Waals surface area contributed by atoms with Crippen molar-refractivity contribution >= 4 is 11.6 Å². The van der Waals surface area contributed by atoms with E-state index in [1.54, 1.807) is 0 Å². The number of ether oxygens (including phenoxy) is 2. The van der Waals surface area contributed by atoms with Crippen molar-refractivity contribution in [2.75, 3.05) is 12.7 Å². The molecule has 1 N–H and O–H groups in total. The fourth-order valence-corrected chi connectivity index (χ4v) is 3.49. The lowest BCUT2D eigenvalue weighted by molar-refractivity contribution is 0.174. The molecule has 0 fully saturated rings. The first-order valence-electron chi connectivity index (χ1n) is 8.58. The summed E-state index contributed by atoms with van der Waals surface area (Å²) in [6.07, 6.45) is -0.173. The van der Waals surface area contributed by atoms with Gasteiger partial charge in [0.25, 0.3) is 0 Å². The number of hydrogen-bond donors (Lipinski definition) is 1. The third-order valence-electron chi connectivity index (χ3n) is 4.50. The molecule has 1 aliphatic heterocycles. The van der Waals surface area contributed by atoms with E-state index in [1.165, 1.54) is 0 Å². The highest BCUT2D eigenvalue weighted by Crippen LogP contribution is 2.49. The first kappa shape index (κ1) is 17.0. The number of hydrogen-bond acceptors (Lipinski definition) is 3. The molecule has 1 atom stereocenters. The SMILES string of the molecule is O[C@H](CCl)Cc1cc2c(c(-c3ccccc3)c1-c1ccccc1)OCO2. The molecule has 0 saturated heterocycles. The van der Waals surface area contributed by atoms with E-state index in [4.69, 9.17) is 21.1 Å². The second-order valence-electron chi connectivity index (χ2n) is 6.26. The molecule has 0 bridgehead atoms. The minimum atomic E-state index is -0.622. The maximum Gasteiger partial charge on any atom is 0.231 e. The summed E-state index contributed by atoms with van der Waals surface area (Å²) < 4.78 is 11.5. The summed E-state index contributed by atoms with van der Waals surface area (Å²) in [5, 5.41) is 10.2. The first-order chi connectivity index (χ1) is 12.8. The quantitative estimate of drug-likeness (QED) is 0.653. The van der Waals surface area contributed by atoms with Crippen molar-refractivity contribution in [2.45, 2.75) is 12.5 Å². The standard InChI is InChI=1S/C22H19ClO3/c23-13-18(24)11-17-12-19-22(26-14-25-19)21(16-9-5-2-6-10-16)20(17)15-7-3-1-4-8-15/h1-10,12,18,24H,11,13-14H2/t18-/m0/s1.